The fourth-order valence-corrected chi connectivity index (χ4v) is 5.44. The van der Waals surface area contributed by atoms with Crippen molar-refractivity contribution >= 4 is 47.1 Å². The predicted octanol–water partition coefficient (Wildman–Crippen LogP) is 1.84. The second kappa shape index (κ2) is 9.00. The van der Waals surface area contributed by atoms with E-state index in [1.165, 1.54) is 11.8 Å². The highest BCUT2D eigenvalue weighted by Crippen LogP contribution is 2.44. The van der Waals surface area contributed by atoms with E-state index >= 15 is 0 Å². The second-order valence-corrected chi connectivity index (χ2v) is 10.3. The molecule has 0 aromatic carbocycles. The summed E-state index contributed by atoms with van der Waals surface area (Å²) in [4.78, 5) is 41.7. The van der Waals surface area contributed by atoms with Gasteiger partial charge >= 0.3 is 6.03 Å². The molecule has 1 aliphatic carbocycles. The van der Waals surface area contributed by atoms with Crippen molar-refractivity contribution in [1.82, 2.24) is 30.5 Å². The van der Waals surface area contributed by atoms with Crippen LogP contribution < -0.4 is 21.3 Å². The van der Waals surface area contributed by atoms with Crippen LogP contribution in [0.4, 0.5) is 10.6 Å². The average Bonchev–Trinajstić information content (AvgIpc) is 3.28. The van der Waals surface area contributed by atoms with E-state index in [2.05, 4.69) is 26.4 Å². The molecule has 4 N–H and O–H groups in total. The molecule has 2 saturated heterocycles. The van der Waals surface area contributed by atoms with Gasteiger partial charge in [0.2, 0.25) is 0 Å². The van der Waals surface area contributed by atoms with Crippen molar-refractivity contribution in [1.29, 1.82) is 0 Å². The molecule has 11 nitrogen and oxygen atoms in total. The molecule has 1 saturated carbocycles. The third-order valence-corrected chi connectivity index (χ3v) is 7.65. The summed E-state index contributed by atoms with van der Waals surface area (Å²) < 4.78 is 7.31. The Hall–Kier alpha value is -3.38. The van der Waals surface area contributed by atoms with Crippen LogP contribution in [0.5, 0.6) is 0 Å². The Balaban J connectivity index is 1.24. The number of nitrogens with zero attached hydrogens (tertiary/aromatic N) is 3. The maximum atomic E-state index is 12.7. The zero-order chi connectivity index (χ0) is 23.9. The minimum absolute atomic E-state index is 0.0203. The summed E-state index contributed by atoms with van der Waals surface area (Å²) >= 11 is 1.50. The number of amides is 4. The quantitative estimate of drug-likeness (QED) is 0.337. The molecule has 2 unspecified atom stereocenters. The first-order chi connectivity index (χ1) is 17.0. The van der Waals surface area contributed by atoms with Crippen LogP contribution >= 0.6 is 11.8 Å². The monoisotopic (exact) mass is 495 g/mol. The summed E-state index contributed by atoms with van der Waals surface area (Å²) in [5.74, 6) is 0.244. The van der Waals surface area contributed by atoms with Crippen molar-refractivity contribution in [3.63, 3.8) is 0 Å². The number of urea groups is 1. The van der Waals surface area contributed by atoms with Gasteiger partial charge in [-0.3, -0.25) is 14.9 Å². The van der Waals surface area contributed by atoms with Gasteiger partial charge in [0.1, 0.15) is 11.5 Å². The summed E-state index contributed by atoms with van der Waals surface area (Å²) in [6.45, 7) is 1.29. The molecule has 0 bridgehead atoms. The first-order valence-corrected chi connectivity index (χ1v) is 12.7. The SMILES string of the molecule is O=C1NC(=O)/C(=C/c2cnn3c(NC4CC4)cc(C4CC=C(C(=O)NCC5CCCO5)S4)nc23)N1. The number of carbonyl (C=O) groups excluding carboxylic acids is 3. The average molecular weight is 496 g/mol. The number of carbonyl (C=O) groups is 3. The third kappa shape index (κ3) is 4.63. The molecule has 0 spiro atoms. The van der Waals surface area contributed by atoms with Crippen molar-refractivity contribution in [3.8, 4) is 0 Å². The van der Waals surface area contributed by atoms with Gasteiger partial charge in [-0.25, -0.2) is 9.78 Å². The smallest absolute Gasteiger partial charge is 0.326 e. The normalized spacial score (nSPS) is 25.1. The molecule has 4 aliphatic rings. The number of anilines is 1. The van der Waals surface area contributed by atoms with Gasteiger partial charge in [0, 0.05) is 30.8 Å². The molecule has 182 valence electrons. The minimum Gasteiger partial charge on any atom is -0.376 e. The number of imide groups is 1. The number of hydrogen-bond acceptors (Lipinski definition) is 8. The molecular formula is C23H25N7O4S. The van der Waals surface area contributed by atoms with Crippen LogP contribution in [0.3, 0.4) is 0 Å². The molecule has 12 heteroatoms. The number of fused-ring (bicyclic) bond motifs is 1. The summed E-state index contributed by atoms with van der Waals surface area (Å²) in [5.41, 5.74) is 2.16. The number of nitrogens with one attached hydrogen (secondary N) is 4. The van der Waals surface area contributed by atoms with E-state index < -0.39 is 11.9 Å². The van der Waals surface area contributed by atoms with Gasteiger partial charge in [0.15, 0.2) is 5.65 Å². The molecule has 0 radical (unpaired) electrons. The Bertz CT molecular complexity index is 1280. The van der Waals surface area contributed by atoms with E-state index in [9.17, 15) is 14.4 Å². The van der Waals surface area contributed by atoms with Crippen molar-refractivity contribution in [2.75, 3.05) is 18.5 Å². The highest BCUT2D eigenvalue weighted by Gasteiger charge is 2.29. The molecule has 3 fully saturated rings. The first-order valence-electron chi connectivity index (χ1n) is 11.8. The minimum atomic E-state index is -0.554. The molecule has 2 atom stereocenters. The summed E-state index contributed by atoms with van der Waals surface area (Å²) in [7, 11) is 0. The van der Waals surface area contributed by atoms with Crippen LogP contribution in [-0.2, 0) is 14.3 Å². The van der Waals surface area contributed by atoms with Crippen LogP contribution in [0, 0.1) is 0 Å². The van der Waals surface area contributed by atoms with Crippen LogP contribution in [-0.4, -0.2) is 57.7 Å². The largest absolute Gasteiger partial charge is 0.376 e. The van der Waals surface area contributed by atoms with Crippen LogP contribution in [0.2, 0.25) is 0 Å². The van der Waals surface area contributed by atoms with E-state index in [-0.39, 0.29) is 23.0 Å². The summed E-state index contributed by atoms with van der Waals surface area (Å²) in [6, 6.07) is 1.83. The van der Waals surface area contributed by atoms with Gasteiger partial charge in [-0.2, -0.15) is 9.61 Å². The van der Waals surface area contributed by atoms with Gasteiger partial charge in [0.25, 0.3) is 11.8 Å². The molecule has 5 heterocycles. The Labute approximate surface area is 205 Å². The molecule has 2 aromatic heterocycles. The van der Waals surface area contributed by atoms with Crippen molar-refractivity contribution < 1.29 is 19.1 Å². The maximum Gasteiger partial charge on any atom is 0.326 e. The van der Waals surface area contributed by atoms with Gasteiger partial charge in [0.05, 0.1) is 28.1 Å². The van der Waals surface area contributed by atoms with Crippen LogP contribution in [0.15, 0.2) is 28.9 Å². The standard InChI is InChI=1S/C23H25N7O4S/c31-21-16(28-23(33)29-21)8-12-10-25-30-19(26-13-3-4-13)9-15(27-20(12)30)17-5-6-18(35-17)22(32)24-11-14-2-1-7-34-14/h6,8-10,13-14,17,26H,1-5,7,11H2,(H,24,32)(H2,28,29,31,33)/b16-8-. The Morgan fingerprint density at radius 2 is 2.17 bits per heavy atom. The molecule has 6 rings (SSSR count). The zero-order valence-corrected chi connectivity index (χ0v) is 19.7. The lowest BCUT2D eigenvalue weighted by Crippen LogP contribution is -2.31. The first kappa shape index (κ1) is 22.1. The maximum absolute atomic E-state index is 12.7. The molecule has 4 amide bonds. The molecule has 2 aromatic rings. The Morgan fingerprint density at radius 3 is 2.91 bits per heavy atom. The third-order valence-electron chi connectivity index (χ3n) is 6.32. The number of aromatic nitrogens is 3. The van der Waals surface area contributed by atoms with Crippen LogP contribution in [0.1, 0.15) is 48.6 Å². The Morgan fingerprint density at radius 1 is 1.29 bits per heavy atom. The van der Waals surface area contributed by atoms with Gasteiger partial charge < -0.3 is 20.7 Å². The van der Waals surface area contributed by atoms with Gasteiger partial charge in [-0.05, 0) is 38.2 Å². The van der Waals surface area contributed by atoms with Crippen LogP contribution in [0.25, 0.3) is 11.7 Å². The molecular weight excluding hydrogens is 470 g/mol. The molecule has 35 heavy (non-hydrogen) atoms. The van der Waals surface area contributed by atoms with Gasteiger partial charge in [-0.15, -0.1) is 11.8 Å². The number of ether oxygens (including phenoxy) is 1. The van der Waals surface area contributed by atoms with Crippen molar-refractivity contribution in [3.05, 3.63) is 40.2 Å². The fourth-order valence-electron chi connectivity index (χ4n) is 4.33. The lowest BCUT2D eigenvalue weighted by atomic mass is 10.2. The second-order valence-electron chi connectivity index (χ2n) is 9.04. The number of rotatable bonds is 7. The number of thioether (sulfide) groups is 1. The summed E-state index contributed by atoms with van der Waals surface area (Å²) in [6.07, 6.45) is 10.1. The van der Waals surface area contributed by atoms with E-state index in [1.807, 2.05) is 12.1 Å². The fraction of sp³-hybridized carbons (Fsp3) is 0.435. The van der Waals surface area contributed by atoms with E-state index in [4.69, 9.17) is 9.72 Å². The van der Waals surface area contributed by atoms with Gasteiger partial charge in [-0.1, -0.05) is 6.08 Å². The van der Waals surface area contributed by atoms with E-state index in [1.54, 1.807) is 16.8 Å². The topological polar surface area (TPSA) is 139 Å². The Kier molecular flexibility index (Phi) is 5.69. The molecule has 3 aliphatic heterocycles. The van der Waals surface area contributed by atoms with E-state index in [0.717, 1.165) is 43.8 Å². The van der Waals surface area contributed by atoms with Crippen molar-refractivity contribution in [2.45, 2.75) is 49.5 Å². The van der Waals surface area contributed by atoms with E-state index in [0.29, 0.717) is 35.1 Å². The zero-order valence-electron chi connectivity index (χ0n) is 18.9. The number of allylic oxidation sites excluding steroid dienone is 1. The predicted molar refractivity (Wildman–Crippen MR) is 129 cm³/mol. The summed E-state index contributed by atoms with van der Waals surface area (Å²) in [5, 5.41) is 15.6. The highest BCUT2D eigenvalue weighted by molar-refractivity contribution is 8.04. The van der Waals surface area contributed by atoms with Crippen molar-refractivity contribution in [2.24, 2.45) is 0 Å². The number of hydrogen-bond donors (Lipinski definition) is 4. The lowest BCUT2D eigenvalue weighted by molar-refractivity contribution is -0.117. The lowest BCUT2D eigenvalue weighted by Gasteiger charge is -2.15. The highest BCUT2D eigenvalue weighted by atomic mass is 32.2.